The van der Waals surface area contributed by atoms with Gasteiger partial charge in [0, 0.05) is 50.6 Å². The van der Waals surface area contributed by atoms with Crippen LogP contribution in [-0.4, -0.2) is 83.9 Å². The number of pyridine rings is 1. The van der Waals surface area contributed by atoms with Gasteiger partial charge in [-0.2, -0.15) is 5.10 Å². The maximum Gasteiger partial charge on any atom is 0.306 e. The summed E-state index contributed by atoms with van der Waals surface area (Å²) in [5.74, 6) is 0.665. The topological polar surface area (TPSA) is 111 Å². The summed E-state index contributed by atoms with van der Waals surface area (Å²) >= 11 is 2.26. The van der Waals surface area contributed by atoms with E-state index < -0.39 is 5.60 Å². The second-order valence-corrected chi connectivity index (χ2v) is 14.6. The predicted octanol–water partition coefficient (Wildman–Crippen LogP) is 6.92. The van der Waals surface area contributed by atoms with Gasteiger partial charge in [0.05, 0.1) is 37.2 Å². The average molecular weight is 785 g/mol. The highest BCUT2D eigenvalue weighted by molar-refractivity contribution is 14.2. The van der Waals surface area contributed by atoms with Gasteiger partial charge in [0.1, 0.15) is 22.8 Å². The molecule has 5 rings (SSSR count). The zero-order valence-corrected chi connectivity index (χ0v) is 31.1. The summed E-state index contributed by atoms with van der Waals surface area (Å²) in [4.78, 5) is 34.8. The Morgan fingerprint density at radius 3 is 2.52 bits per heavy atom. The first-order chi connectivity index (χ1) is 23.0. The monoisotopic (exact) mass is 784 g/mol. The van der Waals surface area contributed by atoms with Crippen molar-refractivity contribution in [2.24, 2.45) is 0 Å². The van der Waals surface area contributed by atoms with E-state index >= 15 is 0 Å². The second kappa shape index (κ2) is 16.1. The lowest BCUT2D eigenvalue weighted by Gasteiger charge is -2.34. The van der Waals surface area contributed by atoms with Gasteiger partial charge in [-0.05, 0) is 110 Å². The van der Waals surface area contributed by atoms with Crippen molar-refractivity contribution < 1.29 is 23.8 Å². The molecule has 4 aromatic rings. The third-order valence-corrected chi connectivity index (χ3v) is 9.61. The van der Waals surface area contributed by atoms with Crippen LogP contribution in [0.1, 0.15) is 44.1 Å². The molecule has 1 aliphatic heterocycles. The van der Waals surface area contributed by atoms with Crippen LogP contribution in [0.3, 0.4) is 0 Å². The van der Waals surface area contributed by atoms with Gasteiger partial charge in [-0.3, -0.25) is 9.59 Å². The number of halogens is 1. The molecule has 0 aliphatic carbocycles. The van der Waals surface area contributed by atoms with Gasteiger partial charge >= 0.3 is 5.97 Å². The van der Waals surface area contributed by atoms with Crippen LogP contribution in [0.15, 0.2) is 66.9 Å². The number of ether oxygens (including phenoxy) is 3. The molecule has 2 aromatic heterocycles. The molecule has 254 valence electrons. The molecule has 1 atom stereocenters. The summed E-state index contributed by atoms with van der Waals surface area (Å²) in [5.41, 5.74) is 4.76. The van der Waals surface area contributed by atoms with E-state index in [9.17, 15) is 9.59 Å². The number of hydrogen-bond donors (Lipinski definition) is 1. The molecular weight excluding hydrogens is 742 g/mol. The SMILES string of the molecule is COc1cc(-c2cc(OCCCC(=O)OC(C)(C)C)cc(N3CCN(C)CC3)c2)ccc1NC(=O)c1cccc(-c2ccnn2PI)n1. The molecule has 1 saturated heterocycles. The third kappa shape index (κ3) is 9.45. The van der Waals surface area contributed by atoms with E-state index in [1.54, 1.807) is 19.4 Å². The van der Waals surface area contributed by atoms with Crippen molar-refractivity contribution in [1.29, 1.82) is 0 Å². The standard InChI is InChI=1S/C35H42IN6O5P/c1-35(2,3)47-33(43)10-7-19-46-27-21-25(20-26(23-27)41-17-15-40(4)16-18-41)24-11-12-29(32(22-24)45-5)39-34(44)30-9-6-8-28(38-30)31-13-14-37-42(31)48-36/h6,8-9,11-14,20-23,48H,7,10,15-19H2,1-5H3,(H,39,44). The Morgan fingerprint density at radius 1 is 1.00 bits per heavy atom. The zero-order valence-electron chi connectivity index (χ0n) is 28.0. The molecule has 11 nitrogen and oxygen atoms in total. The number of anilines is 2. The average Bonchev–Trinajstić information content (AvgIpc) is 3.56. The summed E-state index contributed by atoms with van der Waals surface area (Å²) in [6, 6.07) is 19.2. The number of aromatic nitrogens is 3. The lowest BCUT2D eigenvalue weighted by atomic mass is 10.0. The third-order valence-electron chi connectivity index (χ3n) is 7.72. The molecule has 1 fully saturated rings. The normalized spacial score (nSPS) is 13.9. The molecular formula is C35H42IN6O5P. The van der Waals surface area contributed by atoms with Crippen molar-refractivity contribution in [2.75, 3.05) is 57.2 Å². The number of hydrogen-bond acceptors (Lipinski definition) is 9. The van der Waals surface area contributed by atoms with E-state index in [1.807, 2.05) is 67.7 Å². The van der Waals surface area contributed by atoms with Gasteiger partial charge in [-0.1, -0.05) is 12.1 Å². The van der Waals surface area contributed by atoms with E-state index in [4.69, 9.17) is 14.2 Å². The first kappa shape index (κ1) is 35.6. The molecule has 13 heteroatoms. The van der Waals surface area contributed by atoms with Crippen LogP contribution in [0.2, 0.25) is 0 Å². The van der Waals surface area contributed by atoms with Crippen LogP contribution >= 0.6 is 28.4 Å². The maximum absolute atomic E-state index is 13.3. The first-order valence-corrected chi connectivity index (χ1v) is 19.9. The van der Waals surface area contributed by atoms with Gasteiger partial charge in [-0.15, -0.1) is 0 Å². The first-order valence-electron chi connectivity index (χ1n) is 15.8. The number of benzene rings is 2. The highest BCUT2D eigenvalue weighted by Gasteiger charge is 2.19. The van der Waals surface area contributed by atoms with E-state index in [-0.39, 0.29) is 24.0 Å². The molecule has 1 N–H and O–H groups in total. The quantitative estimate of drug-likeness (QED) is 0.0709. The van der Waals surface area contributed by atoms with E-state index in [2.05, 4.69) is 66.4 Å². The van der Waals surface area contributed by atoms with Crippen molar-refractivity contribution in [3.05, 3.63) is 72.6 Å². The minimum Gasteiger partial charge on any atom is -0.495 e. The molecule has 1 aliphatic rings. The number of carbonyl (C=O) groups excluding carboxylic acids is 2. The van der Waals surface area contributed by atoms with Gasteiger partial charge in [0.25, 0.3) is 5.91 Å². The molecule has 0 saturated carbocycles. The molecule has 1 amide bonds. The van der Waals surface area contributed by atoms with Crippen LogP contribution < -0.4 is 19.7 Å². The molecule has 0 radical (unpaired) electrons. The van der Waals surface area contributed by atoms with Crippen LogP contribution in [0.4, 0.5) is 11.4 Å². The highest BCUT2D eigenvalue weighted by Crippen LogP contribution is 2.36. The Bertz CT molecular complexity index is 1730. The Balaban J connectivity index is 1.35. The van der Waals surface area contributed by atoms with Crippen LogP contribution in [0.5, 0.6) is 11.5 Å². The summed E-state index contributed by atoms with van der Waals surface area (Å²) in [6.07, 6.45) is 2.98. The van der Waals surface area contributed by atoms with E-state index in [0.29, 0.717) is 36.5 Å². The number of carbonyl (C=O) groups is 2. The van der Waals surface area contributed by atoms with Gasteiger partial charge in [0.2, 0.25) is 0 Å². The van der Waals surface area contributed by atoms with Gasteiger partial charge < -0.3 is 29.3 Å². The largest absolute Gasteiger partial charge is 0.495 e. The summed E-state index contributed by atoms with van der Waals surface area (Å²) in [5, 5.41) is 7.29. The Labute approximate surface area is 296 Å². The Kier molecular flexibility index (Phi) is 11.9. The fraction of sp³-hybridized carbons (Fsp3) is 0.371. The molecule has 48 heavy (non-hydrogen) atoms. The smallest absolute Gasteiger partial charge is 0.306 e. The number of esters is 1. The van der Waals surface area contributed by atoms with E-state index in [1.165, 1.54) is 0 Å². The maximum atomic E-state index is 13.3. The van der Waals surface area contributed by atoms with Crippen molar-refractivity contribution >= 4 is 51.7 Å². The van der Waals surface area contributed by atoms with Crippen molar-refractivity contribution in [3.63, 3.8) is 0 Å². The number of methoxy groups -OCH3 is 1. The number of nitrogens with zero attached hydrogens (tertiary/aromatic N) is 5. The fourth-order valence-electron chi connectivity index (χ4n) is 5.31. The van der Waals surface area contributed by atoms with Gasteiger partial charge in [-0.25, -0.2) is 9.44 Å². The van der Waals surface area contributed by atoms with Crippen LogP contribution in [0.25, 0.3) is 22.5 Å². The number of piperazine rings is 1. The lowest BCUT2D eigenvalue weighted by Crippen LogP contribution is -2.44. The Hall–Kier alpha value is -3.74. The van der Waals surface area contributed by atoms with E-state index in [0.717, 1.165) is 54.4 Å². The fourth-order valence-corrected chi connectivity index (χ4v) is 6.85. The predicted molar refractivity (Wildman–Crippen MR) is 200 cm³/mol. The van der Waals surface area contributed by atoms with Crippen LogP contribution in [-0.2, 0) is 9.53 Å². The van der Waals surface area contributed by atoms with Gasteiger partial charge in [0.15, 0.2) is 0 Å². The molecule has 3 heterocycles. The highest BCUT2D eigenvalue weighted by atomic mass is 127. The summed E-state index contributed by atoms with van der Waals surface area (Å²) in [6.45, 7) is 9.73. The number of nitrogens with one attached hydrogen (secondary N) is 1. The lowest BCUT2D eigenvalue weighted by molar-refractivity contribution is -0.155. The molecule has 0 bridgehead atoms. The zero-order chi connectivity index (χ0) is 34.3. The van der Waals surface area contributed by atoms with Crippen molar-refractivity contribution in [2.45, 2.75) is 39.2 Å². The van der Waals surface area contributed by atoms with Crippen molar-refractivity contribution in [1.82, 2.24) is 19.4 Å². The second-order valence-electron chi connectivity index (χ2n) is 12.5. The number of amides is 1. The van der Waals surface area contributed by atoms with Crippen LogP contribution in [0, 0.1) is 0 Å². The molecule has 2 aromatic carbocycles. The minimum atomic E-state index is -0.509. The summed E-state index contributed by atoms with van der Waals surface area (Å²) in [7, 11) is 3.72. The molecule has 1 unspecified atom stereocenters. The Morgan fingerprint density at radius 2 is 1.79 bits per heavy atom. The number of rotatable bonds is 12. The molecule has 0 spiro atoms. The summed E-state index contributed by atoms with van der Waals surface area (Å²) < 4.78 is 19.2. The number of likely N-dealkylation sites (N-methyl/N-ethyl adjacent to an activating group) is 1. The van der Waals surface area contributed by atoms with Crippen molar-refractivity contribution in [3.8, 4) is 34.0 Å². The minimum absolute atomic E-state index is 0.232.